The Morgan fingerprint density at radius 3 is 1.24 bits per heavy atom. The molecular formula is C34H24N8O2Pt2-6. The van der Waals surface area contributed by atoms with Gasteiger partial charge < -0.3 is 57.7 Å². The number of nitrogens with zero attached hydrogens (tertiary/aromatic N) is 8. The molecule has 6 aromatic rings. The SMILES string of the molecule is [C-]#Cn1c(C)nnc1C.[C-]#Cn1c(C)nnc1C.[Pt].[Pt].[c-]1ccc(Oc2ccccn2)[c-]c1-c1[c-]ccc(Oc2ccccn2)[c-]1. The van der Waals surface area contributed by atoms with E-state index in [1.807, 2.05) is 24.3 Å². The molecule has 2 aromatic carbocycles. The van der Waals surface area contributed by atoms with Gasteiger partial charge in [-0.2, -0.15) is 12.1 Å². The largest absolute Gasteiger partial charge is 0.669 e. The van der Waals surface area contributed by atoms with Crippen molar-refractivity contribution in [3.8, 4) is 46.5 Å². The Hall–Kier alpha value is -4.88. The summed E-state index contributed by atoms with van der Waals surface area (Å²) in [5.41, 5.74) is 1.34. The van der Waals surface area contributed by atoms with Crippen molar-refractivity contribution in [2.45, 2.75) is 27.7 Å². The zero-order valence-corrected chi connectivity index (χ0v) is 29.5. The summed E-state index contributed by atoms with van der Waals surface area (Å²) in [5, 5.41) is 14.9. The monoisotopic (exact) mass is 966 g/mol. The summed E-state index contributed by atoms with van der Waals surface area (Å²) in [6.45, 7) is 7.12. The van der Waals surface area contributed by atoms with Crippen LogP contribution in [-0.4, -0.2) is 39.5 Å². The van der Waals surface area contributed by atoms with Gasteiger partial charge in [0, 0.05) is 66.7 Å². The van der Waals surface area contributed by atoms with Crippen LogP contribution in [0.1, 0.15) is 23.3 Å². The Morgan fingerprint density at radius 1 is 0.587 bits per heavy atom. The number of rotatable bonds is 5. The third-order valence-corrected chi connectivity index (χ3v) is 5.57. The van der Waals surface area contributed by atoms with Gasteiger partial charge in [0.25, 0.3) is 0 Å². The Kier molecular flexibility index (Phi) is 15.3. The Balaban J connectivity index is 0.000000303. The average molecular weight is 967 g/mol. The van der Waals surface area contributed by atoms with Crippen LogP contribution in [0.5, 0.6) is 23.3 Å². The van der Waals surface area contributed by atoms with Gasteiger partial charge in [-0.25, -0.2) is 22.1 Å². The van der Waals surface area contributed by atoms with Crippen molar-refractivity contribution >= 4 is 0 Å². The molecule has 12 heteroatoms. The zero-order valence-electron chi connectivity index (χ0n) is 25.0. The molecule has 0 unspecified atom stereocenters. The van der Waals surface area contributed by atoms with Gasteiger partial charge in [0.2, 0.25) is 11.8 Å². The maximum absolute atomic E-state index is 6.78. The van der Waals surface area contributed by atoms with Crippen LogP contribution in [0.15, 0.2) is 73.1 Å². The van der Waals surface area contributed by atoms with E-state index in [-0.39, 0.29) is 42.1 Å². The fraction of sp³-hybridized carbons (Fsp3) is 0.118. The molecule has 0 bridgehead atoms. The second-order valence-electron chi connectivity index (χ2n) is 8.71. The molecule has 0 fully saturated rings. The molecule has 0 amide bonds. The second kappa shape index (κ2) is 18.8. The molecule has 0 aliphatic heterocycles. The Labute approximate surface area is 297 Å². The minimum absolute atomic E-state index is 0. The summed E-state index contributed by atoms with van der Waals surface area (Å²) >= 11 is 0. The van der Waals surface area contributed by atoms with E-state index in [9.17, 15) is 0 Å². The first-order chi connectivity index (χ1) is 21.4. The standard InChI is InChI=1S/C22H12N2O2.2C6H6N3.2Pt/c1-3-13-23-21(11-1)25-19-9-5-7-17(15-19)18-8-6-10-20(16-18)26-22-12-2-4-14-24-22;2*1-4-9-5(2)7-8-6(9)3;;/h1-6,9-14H;2*2-3H3;;/q-4;2*-1;;. The smallest absolute Gasteiger partial charge is 0.215 e. The molecule has 0 spiro atoms. The topological polar surface area (TPSA) is 106 Å². The molecule has 6 rings (SSSR count). The molecule has 46 heavy (non-hydrogen) atoms. The Bertz CT molecular complexity index is 1720. The van der Waals surface area contributed by atoms with Gasteiger partial charge in [-0.3, -0.25) is 21.3 Å². The van der Waals surface area contributed by atoms with Gasteiger partial charge in [-0.05, 0) is 39.8 Å². The predicted octanol–water partition coefficient (Wildman–Crippen LogP) is 5.50. The first kappa shape index (κ1) is 37.3. The van der Waals surface area contributed by atoms with Crippen LogP contribution >= 0.6 is 0 Å². The summed E-state index contributed by atoms with van der Waals surface area (Å²) in [7, 11) is 0. The number of ether oxygens (including phenoxy) is 2. The number of aromatic nitrogens is 8. The quantitative estimate of drug-likeness (QED) is 0.165. The number of aryl methyl sites for hydroxylation is 4. The molecule has 0 N–H and O–H groups in total. The van der Waals surface area contributed by atoms with Crippen molar-refractivity contribution in [2.75, 3.05) is 0 Å². The molecular weight excluding hydrogens is 943 g/mol. The summed E-state index contributed by atoms with van der Waals surface area (Å²) in [5.74, 6) is 4.86. The molecule has 0 atom stereocenters. The van der Waals surface area contributed by atoms with E-state index in [4.69, 9.17) is 22.3 Å². The molecule has 0 saturated carbocycles. The van der Waals surface area contributed by atoms with Crippen molar-refractivity contribution in [1.82, 2.24) is 39.5 Å². The van der Waals surface area contributed by atoms with Crippen LogP contribution in [0.2, 0.25) is 0 Å². The molecule has 238 valence electrons. The average Bonchev–Trinajstić information content (AvgIpc) is 3.56. The van der Waals surface area contributed by atoms with Crippen LogP contribution in [0.25, 0.3) is 11.1 Å². The van der Waals surface area contributed by atoms with E-state index in [0.717, 1.165) is 0 Å². The Morgan fingerprint density at radius 2 is 0.957 bits per heavy atom. The van der Waals surface area contributed by atoms with E-state index < -0.39 is 0 Å². The minimum Gasteiger partial charge on any atom is -0.669 e. The van der Waals surface area contributed by atoms with Crippen molar-refractivity contribution < 1.29 is 51.6 Å². The van der Waals surface area contributed by atoms with Crippen molar-refractivity contribution in [1.29, 1.82) is 0 Å². The third kappa shape index (κ3) is 10.6. The van der Waals surface area contributed by atoms with Crippen LogP contribution < -0.4 is 9.47 Å². The zero-order chi connectivity index (χ0) is 31.3. The summed E-state index contributed by atoms with van der Waals surface area (Å²) in [6, 6.07) is 34.9. The molecule has 0 saturated heterocycles. The maximum Gasteiger partial charge on any atom is 0.215 e. The fourth-order valence-corrected chi connectivity index (χ4v) is 3.49. The third-order valence-electron chi connectivity index (χ3n) is 5.57. The van der Waals surface area contributed by atoms with Gasteiger partial charge in [0.15, 0.2) is 0 Å². The summed E-state index contributed by atoms with van der Waals surface area (Å²) in [4.78, 5) is 8.28. The minimum atomic E-state index is 0. The summed E-state index contributed by atoms with van der Waals surface area (Å²) < 4.78 is 14.4. The fourth-order valence-electron chi connectivity index (χ4n) is 3.49. The molecule has 4 heterocycles. The van der Waals surface area contributed by atoms with E-state index in [0.29, 0.717) is 57.7 Å². The molecule has 0 aliphatic rings. The molecule has 0 radical (unpaired) electrons. The predicted molar refractivity (Wildman–Crippen MR) is 160 cm³/mol. The number of hydrogen-bond acceptors (Lipinski definition) is 8. The van der Waals surface area contributed by atoms with Gasteiger partial charge in [0.1, 0.15) is 23.3 Å². The van der Waals surface area contributed by atoms with E-state index in [1.54, 1.807) is 76.5 Å². The van der Waals surface area contributed by atoms with Gasteiger partial charge in [-0.1, -0.05) is 23.6 Å². The number of hydrogen-bond donors (Lipinski definition) is 0. The van der Waals surface area contributed by atoms with Crippen LogP contribution in [0.4, 0.5) is 0 Å². The van der Waals surface area contributed by atoms with Crippen LogP contribution in [0.3, 0.4) is 0 Å². The number of benzene rings is 2. The summed E-state index contributed by atoms with van der Waals surface area (Å²) in [6.07, 6.45) is 16.9. The van der Waals surface area contributed by atoms with E-state index in [2.05, 4.69) is 66.7 Å². The van der Waals surface area contributed by atoms with E-state index in [1.165, 1.54) is 9.13 Å². The van der Waals surface area contributed by atoms with Crippen molar-refractivity contribution in [3.63, 3.8) is 0 Å². The van der Waals surface area contributed by atoms with Crippen LogP contribution in [-0.2, 0) is 42.1 Å². The van der Waals surface area contributed by atoms with Crippen molar-refractivity contribution in [2.24, 2.45) is 0 Å². The number of pyridine rings is 2. The van der Waals surface area contributed by atoms with Gasteiger partial charge >= 0.3 is 0 Å². The first-order valence-electron chi connectivity index (χ1n) is 13.1. The van der Waals surface area contributed by atoms with Gasteiger partial charge in [0.05, 0.1) is 0 Å². The second-order valence-corrected chi connectivity index (χ2v) is 8.71. The normalized spacial score (nSPS) is 9.35. The van der Waals surface area contributed by atoms with Crippen molar-refractivity contribution in [3.05, 3.63) is 133 Å². The molecule has 4 aromatic heterocycles. The molecule has 10 nitrogen and oxygen atoms in total. The maximum atomic E-state index is 6.78. The van der Waals surface area contributed by atoms with Gasteiger partial charge in [-0.15, -0.1) is 20.4 Å². The first-order valence-corrected chi connectivity index (χ1v) is 13.1. The molecule has 0 aliphatic carbocycles. The van der Waals surface area contributed by atoms with E-state index >= 15 is 0 Å². The van der Waals surface area contributed by atoms with Crippen LogP contribution in [0, 0.1) is 76.9 Å².